The number of benzene rings is 3. The van der Waals surface area contributed by atoms with Crippen LogP contribution in [0.15, 0.2) is 78.9 Å². The molecule has 0 fully saturated rings. The molecule has 0 spiro atoms. The Balaban J connectivity index is 1.46. The Kier molecular flexibility index (Phi) is 5.90. The van der Waals surface area contributed by atoms with Crippen molar-refractivity contribution in [1.29, 1.82) is 0 Å². The van der Waals surface area contributed by atoms with Crippen LogP contribution < -0.4 is 9.47 Å². The summed E-state index contributed by atoms with van der Waals surface area (Å²) in [5.41, 5.74) is 3.53. The first-order valence-corrected chi connectivity index (χ1v) is 9.63. The van der Waals surface area contributed by atoms with Crippen molar-refractivity contribution in [2.24, 2.45) is 0 Å². The molecule has 1 N–H and O–H groups in total. The molecule has 1 aliphatic heterocycles. The van der Waals surface area contributed by atoms with Gasteiger partial charge in [0.2, 0.25) is 6.79 Å². The standard InChI is InChI=1S/C24H25NO3/c26-22(13-19-7-3-1-4-8-19)17-25(15-20-9-5-2-6-10-20)16-21-11-12-23-24(14-21)28-18-27-23/h1-12,14,22,26H,13,15-18H2/t22-/m0/s1. The van der Waals surface area contributed by atoms with Crippen LogP contribution in [-0.2, 0) is 19.5 Å². The summed E-state index contributed by atoms with van der Waals surface area (Å²) in [5, 5.41) is 10.7. The van der Waals surface area contributed by atoms with E-state index < -0.39 is 6.10 Å². The van der Waals surface area contributed by atoms with Crippen molar-refractivity contribution in [3.63, 3.8) is 0 Å². The van der Waals surface area contributed by atoms with Crippen LogP contribution in [0.5, 0.6) is 11.5 Å². The second-order valence-corrected chi connectivity index (χ2v) is 7.19. The lowest BCUT2D eigenvalue weighted by atomic mass is 10.1. The van der Waals surface area contributed by atoms with Gasteiger partial charge in [-0.1, -0.05) is 66.7 Å². The minimum atomic E-state index is -0.430. The Morgan fingerprint density at radius 2 is 1.39 bits per heavy atom. The van der Waals surface area contributed by atoms with E-state index >= 15 is 0 Å². The molecule has 4 heteroatoms. The highest BCUT2D eigenvalue weighted by atomic mass is 16.7. The van der Waals surface area contributed by atoms with E-state index in [2.05, 4.69) is 47.4 Å². The van der Waals surface area contributed by atoms with Gasteiger partial charge in [0.1, 0.15) is 0 Å². The van der Waals surface area contributed by atoms with E-state index in [1.54, 1.807) is 0 Å². The van der Waals surface area contributed by atoms with Crippen LogP contribution >= 0.6 is 0 Å². The summed E-state index contributed by atoms with van der Waals surface area (Å²) in [6, 6.07) is 26.6. The Bertz CT molecular complexity index is 883. The van der Waals surface area contributed by atoms with Crippen LogP contribution in [0.2, 0.25) is 0 Å². The first kappa shape index (κ1) is 18.5. The summed E-state index contributed by atoms with van der Waals surface area (Å²) in [5.74, 6) is 1.59. The van der Waals surface area contributed by atoms with Crippen LogP contribution in [0.4, 0.5) is 0 Å². The summed E-state index contributed by atoms with van der Waals surface area (Å²) >= 11 is 0. The van der Waals surface area contributed by atoms with Gasteiger partial charge in [-0.15, -0.1) is 0 Å². The van der Waals surface area contributed by atoms with Crippen molar-refractivity contribution in [2.45, 2.75) is 25.6 Å². The molecule has 0 unspecified atom stereocenters. The molecule has 0 amide bonds. The predicted octanol–water partition coefficient (Wildman–Crippen LogP) is 4.02. The lowest BCUT2D eigenvalue weighted by Crippen LogP contribution is -2.33. The number of hydrogen-bond donors (Lipinski definition) is 1. The van der Waals surface area contributed by atoms with Crippen molar-refractivity contribution in [2.75, 3.05) is 13.3 Å². The van der Waals surface area contributed by atoms with Crippen LogP contribution in [0, 0.1) is 0 Å². The molecular formula is C24H25NO3. The molecule has 1 aliphatic rings. The van der Waals surface area contributed by atoms with E-state index in [1.807, 2.05) is 36.4 Å². The Morgan fingerprint density at radius 1 is 0.750 bits per heavy atom. The lowest BCUT2D eigenvalue weighted by molar-refractivity contribution is 0.104. The maximum atomic E-state index is 10.7. The SMILES string of the molecule is O[C@@H](Cc1ccccc1)CN(Cc1ccccc1)Cc1ccc2c(c1)OCO2. The van der Waals surface area contributed by atoms with E-state index in [-0.39, 0.29) is 6.79 Å². The van der Waals surface area contributed by atoms with E-state index in [1.165, 1.54) is 5.56 Å². The summed E-state index contributed by atoms with van der Waals surface area (Å²) in [6.45, 7) is 2.39. The maximum Gasteiger partial charge on any atom is 0.231 e. The summed E-state index contributed by atoms with van der Waals surface area (Å²) in [4.78, 5) is 2.28. The highest BCUT2D eigenvalue weighted by molar-refractivity contribution is 5.44. The number of fused-ring (bicyclic) bond motifs is 1. The second kappa shape index (κ2) is 8.91. The first-order valence-electron chi connectivity index (χ1n) is 9.63. The summed E-state index contributed by atoms with van der Waals surface area (Å²) in [6.07, 6.45) is 0.216. The largest absolute Gasteiger partial charge is 0.454 e. The zero-order valence-electron chi connectivity index (χ0n) is 15.8. The van der Waals surface area contributed by atoms with E-state index in [0.717, 1.165) is 35.7 Å². The number of hydrogen-bond acceptors (Lipinski definition) is 4. The van der Waals surface area contributed by atoms with Gasteiger partial charge in [-0.3, -0.25) is 4.90 Å². The van der Waals surface area contributed by atoms with Crippen molar-refractivity contribution >= 4 is 0 Å². The van der Waals surface area contributed by atoms with Gasteiger partial charge in [0.05, 0.1) is 6.10 Å². The van der Waals surface area contributed by atoms with E-state index in [4.69, 9.17) is 9.47 Å². The number of nitrogens with zero attached hydrogens (tertiary/aromatic N) is 1. The lowest BCUT2D eigenvalue weighted by Gasteiger charge is -2.25. The topological polar surface area (TPSA) is 41.9 Å². The predicted molar refractivity (Wildman–Crippen MR) is 109 cm³/mol. The highest BCUT2D eigenvalue weighted by Gasteiger charge is 2.17. The molecule has 4 nitrogen and oxygen atoms in total. The average Bonchev–Trinajstić information content (AvgIpc) is 3.17. The van der Waals surface area contributed by atoms with E-state index in [0.29, 0.717) is 13.0 Å². The van der Waals surface area contributed by atoms with Crippen molar-refractivity contribution in [3.8, 4) is 11.5 Å². The number of rotatable bonds is 8. The molecule has 3 aromatic rings. The third-order valence-corrected chi connectivity index (χ3v) is 4.88. The minimum Gasteiger partial charge on any atom is -0.454 e. The van der Waals surface area contributed by atoms with Gasteiger partial charge in [-0.25, -0.2) is 0 Å². The zero-order valence-corrected chi connectivity index (χ0v) is 15.8. The van der Waals surface area contributed by atoms with Gasteiger partial charge in [-0.05, 0) is 35.2 Å². The van der Waals surface area contributed by atoms with Crippen LogP contribution in [0.1, 0.15) is 16.7 Å². The van der Waals surface area contributed by atoms with Crippen LogP contribution in [-0.4, -0.2) is 29.4 Å². The molecule has 144 valence electrons. The highest BCUT2D eigenvalue weighted by Crippen LogP contribution is 2.33. The molecule has 3 aromatic carbocycles. The molecule has 0 bridgehead atoms. The molecule has 1 atom stereocenters. The molecule has 0 aromatic heterocycles. The monoisotopic (exact) mass is 375 g/mol. The van der Waals surface area contributed by atoms with E-state index in [9.17, 15) is 5.11 Å². The number of aliphatic hydroxyl groups is 1. The minimum absolute atomic E-state index is 0.280. The van der Waals surface area contributed by atoms with Gasteiger partial charge in [-0.2, -0.15) is 0 Å². The fourth-order valence-corrected chi connectivity index (χ4v) is 3.57. The fraction of sp³-hybridized carbons (Fsp3) is 0.250. The van der Waals surface area contributed by atoms with Crippen LogP contribution in [0.25, 0.3) is 0 Å². The smallest absolute Gasteiger partial charge is 0.231 e. The van der Waals surface area contributed by atoms with Crippen LogP contribution in [0.3, 0.4) is 0 Å². The third-order valence-electron chi connectivity index (χ3n) is 4.88. The van der Waals surface area contributed by atoms with Gasteiger partial charge in [0.15, 0.2) is 11.5 Å². The van der Waals surface area contributed by atoms with Crippen molar-refractivity contribution < 1.29 is 14.6 Å². The number of ether oxygens (including phenoxy) is 2. The van der Waals surface area contributed by atoms with Gasteiger partial charge >= 0.3 is 0 Å². The average molecular weight is 375 g/mol. The summed E-state index contributed by atoms with van der Waals surface area (Å²) in [7, 11) is 0. The Labute approximate surface area is 166 Å². The Hall–Kier alpha value is -2.82. The van der Waals surface area contributed by atoms with Gasteiger partial charge < -0.3 is 14.6 Å². The third kappa shape index (κ3) is 4.91. The molecule has 28 heavy (non-hydrogen) atoms. The molecule has 0 saturated heterocycles. The normalized spacial score (nSPS) is 13.6. The number of aliphatic hydroxyl groups excluding tert-OH is 1. The first-order chi connectivity index (χ1) is 13.8. The fourth-order valence-electron chi connectivity index (χ4n) is 3.57. The molecule has 4 rings (SSSR count). The van der Waals surface area contributed by atoms with Crippen molar-refractivity contribution in [1.82, 2.24) is 4.90 Å². The molecular weight excluding hydrogens is 350 g/mol. The Morgan fingerprint density at radius 3 is 2.14 bits per heavy atom. The zero-order chi connectivity index (χ0) is 19.2. The molecule has 1 heterocycles. The summed E-state index contributed by atoms with van der Waals surface area (Å²) < 4.78 is 10.9. The van der Waals surface area contributed by atoms with Gasteiger partial charge in [0.25, 0.3) is 0 Å². The molecule has 0 saturated carbocycles. The maximum absolute atomic E-state index is 10.7. The molecule has 0 aliphatic carbocycles. The van der Waals surface area contributed by atoms with Gasteiger partial charge in [0, 0.05) is 19.6 Å². The van der Waals surface area contributed by atoms with Crippen molar-refractivity contribution in [3.05, 3.63) is 95.6 Å². The quantitative estimate of drug-likeness (QED) is 0.646. The second-order valence-electron chi connectivity index (χ2n) is 7.19. The molecule has 0 radical (unpaired) electrons.